The lowest BCUT2D eigenvalue weighted by Gasteiger charge is -2.14. The molecule has 0 unspecified atom stereocenters. The number of likely N-dealkylation sites (tertiary alicyclic amines) is 1. The fourth-order valence-electron chi connectivity index (χ4n) is 2.77. The Kier molecular flexibility index (Phi) is 5.15. The Balaban J connectivity index is 1.53. The number of amides is 2. The SMILES string of the molecule is O=C(/C=C/c1c(Cl)nc2ccccn12)NCCC(=O)N1CCCC1. The Morgan fingerprint density at radius 3 is 2.88 bits per heavy atom. The van der Waals surface area contributed by atoms with Crippen molar-refractivity contribution in [2.45, 2.75) is 19.3 Å². The summed E-state index contributed by atoms with van der Waals surface area (Å²) >= 11 is 6.10. The van der Waals surface area contributed by atoms with Gasteiger partial charge in [-0.2, -0.15) is 0 Å². The standard InChI is InChI=1S/C17H19ClN4O2/c18-17-13(22-12-2-1-5-14(22)20-17)6-7-15(23)19-9-8-16(24)21-10-3-4-11-21/h1-2,5-7,12H,3-4,8-11H2,(H,19,23)/b7-6+. The zero-order valence-electron chi connectivity index (χ0n) is 13.2. The Labute approximate surface area is 145 Å². The normalized spacial score (nSPS) is 14.6. The molecule has 0 atom stereocenters. The summed E-state index contributed by atoms with van der Waals surface area (Å²) in [6.07, 6.45) is 7.33. The van der Waals surface area contributed by atoms with Crippen LogP contribution in [0.3, 0.4) is 0 Å². The molecule has 0 radical (unpaired) electrons. The topological polar surface area (TPSA) is 66.7 Å². The van der Waals surface area contributed by atoms with Crippen LogP contribution in [0.15, 0.2) is 30.5 Å². The molecule has 7 heteroatoms. The molecule has 1 aliphatic rings. The van der Waals surface area contributed by atoms with Gasteiger partial charge in [0.25, 0.3) is 0 Å². The summed E-state index contributed by atoms with van der Waals surface area (Å²) in [6, 6.07) is 5.58. The van der Waals surface area contributed by atoms with Gasteiger partial charge in [-0.05, 0) is 31.1 Å². The van der Waals surface area contributed by atoms with Gasteiger partial charge in [-0.25, -0.2) is 4.98 Å². The van der Waals surface area contributed by atoms with Crippen LogP contribution >= 0.6 is 11.6 Å². The molecule has 3 heterocycles. The molecule has 0 aromatic carbocycles. The summed E-state index contributed by atoms with van der Waals surface area (Å²) < 4.78 is 1.81. The molecular weight excluding hydrogens is 328 g/mol. The number of aromatic nitrogens is 2. The Bertz CT molecular complexity index is 778. The van der Waals surface area contributed by atoms with Crippen molar-refractivity contribution < 1.29 is 9.59 Å². The van der Waals surface area contributed by atoms with E-state index < -0.39 is 0 Å². The third-order valence-corrected chi connectivity index (χ3v) is 4.29. The zero-order chi connectivity index (χ0) is 16.9. The summed E-state index contributed by atoms with van der Waals surface area (Å²) in [5, 5.41) is 3.06. The number of carbonyl (C=O) groups is 2. The molecule has 24 heavy (non-hydrogen) atoms. The van der Waals surface area contributed by atoms with Crippen molar-refractivity contribution in [1.82, 2.24) is 19.6 Å². The minimum Gasteiger partial charge on any atom is -0.352 e. The lowest BCUT2D eigenvalue weighted by atomic mass is 10.3. The predicted octanol–water partition coefficient (Wildman–Crippen LogP) is 2.13. The molecular formula is C17H19ClN4O2. The van der Waals surface area contributed by atoms with Crippen molar-refractivity contribution in [3.63, 3.8) is 0 Å². The maximum atomic E-state index is 11.9. The quantitative estimate of drug-likeness (QED) is 0.843. The van der Waals surface area contributed by atoms with E-state index in [0.717, 1.165) is 31.6 Å². The number of nitrogens with zero attached hydrogens (tertiary/aromatic N) is 3. The first-order valence-corrected chi connectivity index (χ1v) is 8.39. The minimum absolute atomic E-state index is 0.0987. The monoisotopic (exact) mass is 346 g/mol. The number of hydrogen-bond acceptors (Lipinski definition) is 3. The van der Waals surface area contributed by atoms with Crippen molar-refractivity contribution in [2.75, 3.05) is 19.6 Å². The van der Waals surface area contributed by atoms with Crippen LogP contribution < -0.4 is 5.32 Å². The maximum absolute atomic E-state index is 11.9. The molecule has 1 aliphatic heterocycles. The number of fused-ring (bicyclic) bond motifs is 1. The van der Waals surface area contributed by atoms with Crippen molar-refractivity contribution in [3.05, 3.63) is 41.3 Å². The van der Waals surface area contributed by atoms with Crippen molar-refractivity contribution in [1.29, 1.82) is 0 Å². The highest BCUT2D eigenvalue weighted by Crippen LogP contribution is 2.18. The van der Waals surface area contributed by atoms with E-state index in [1.54, 1.807) is 6.08 Å². The van der Waals surface area contributed by atoms with Gasteiger partial charge in [0, 0.05) is 38.3 Å². The molecule has 0 aliphatic carbocycles. The van der Waals surface area contributed by atoms with Gasteiger partial charge in [0.1, 0.15) is 5.65 Å². The van der Waals surface area contributed by atoms with E-state index in [-0.39, 0.29) is 11.8 Å². The molecule has 2 aromatic heterocycles. The van der Waals surface area contributed by atoms with Gasteiger partial charge in [-0.3, -0.25) is 14.0 Å². The molecule has 2 aromatic rings. The second kappa shape index (κ2) is 7.49. The molecule has 0 saturated carbocycles. The summed E-state index contributed by atoms with van der Waals surface area (Å²) in [5.74, 6) is -0.159. The lowest BCUT2D eigenvalue weighted by molar-refractivity contribution is -0.130. The second-order valence-corrected chi connectivity index (χ2v) is 6.04. The number of pyridine rings is 1. The van der Waals surface area contributed by atoms with Crippen LogP contribution in [0.2, 0.25) is 5.15 Å². The highest BCUT2D eigenvalue weighted by Gasteiger charge is 2.17. The average Bonchev–Trinajstić information content (AvgIpc) is 3.20. The van der Waals surface area contributed by atoms with Crippen molar-refractivity contribution in [2.24, 2.45) is 0 Å². The van der Waals surface area contributed by atoms with E-state index in [1.165, 1.54) is 6.08 Å². The van der Waals surface area contributed by atoms with E-state index in [9.17, 15) is 9.59 Å². The molecule has 1 N–H and O–H groups in total. The van der Waals surface area contributed by atoms with Crippen LogP contribution in [0.1, 0.15) is 25.0 Å². The van der Waals surface area contributed by atoms with E-state index in [2.05, 4.69) is 10.3 Å². The molecule has 3 rings (SSSR count). The van der Waals surface area contributed by atoms with Crippen molar-refractivity contribution >= 4 is 35.1 Å². The zero-order valence-corrected chi connectivity index (χ0v) is 14.0. The molecule has 1 saturated heterocycles. The number of rotatable bonds is 5. The smallest absolute Gasteiger partial charge is 0.244 e. The minimum atomic E-state index is -0.258. The third kappa shape index (κ3) is 3.76. The number of carbonyl (C=O) groups excluding carboxylic acids is 2. The lowest BCUT2D eigenvalue weighted by Crippen LogP contribution is -2.32. The van der Waals surface area contributed by atoms with E-state index in [4.69, 9.17) is 11.6 Å². The number of imidazole rings is 1. The van der Waals surface area contributed by atoms with Gasteiger partial charge in [-0.1, -0.05) is 17.7 Å². The first kappa shape index (κ1) is 16.5. The van der Waals surface area contributed by atoms with Gasteiger partial charge in [0.15, 0.2) is 5.15 Å². The molecule has 2 amide bonds. The number of hydrogen-bond donors (Lipinski definition) is 1. The summed E-state index contributed by atoms with van der Waals surface area (Å²) in [6.45, 7) is 2.00. The molecule has 126 valence electrons. The highest BCUT2D eigenvalue weighted by atomic mass is 35.5. The number of nitrogens with one attached hydrogen (secondary N) is 1. The van der Waals surface area contributed by atoms with Crippen LogP contribution in [-0.4, -0.2) is 45.7 Å². The van der Waals surface area contributed by atoms with Crippen LogP contribution in [0.25, 0.3) is 11.7 Å². The van der Waals surface area contributed by atoms with E-state index in [1.807, 2.05) is 33.7 Å². The molecule has 0 bridgehead atoms. The largest absolute Gasteiger partial charge is 0.352 e. The fraction of sp³-hybridized carbons (Fsp3) is 0.353. The Morgan fingerprint density at radius 2 is 2.08 bits per heavy atom. The van der Waals surface area contributed by atoms with Crippen LogP contribution in [0.4, 0.5) is 0 Å². The molecule has 6 nitrogen and oxygen atoms in total. The number of halogens is 1. The van der Waals surface area contributed by atoms with Crippen molar-refractivity contribution in [3.8, 4) is 0 Å². The van der Waals surface area contributed by atoms with E-state index in [0.29, 0.717) is 23.8 Å². The molecule has 1 fully saturated rings. The maximum Gasteiger partial charge on any atom is 0.244 e. The van der Waals surface area contributed by atoms with Gasteiger partial charge in [0.05, 0.1) is 5.69 Å². The van der Waals surface area contributed by atoms with Gasteiger partial charge in [-0.15, -0.1) is 0 Å². The summed E-state index contributed by atoms with van der Waals surface area (Å²) in [7, 11) is 0. The first-order chi connectivity index (χ1) is 11.6. The summed E-state index contributed by atoms with van der Waals surface area (Å²) in [5.41, 5.74) is 1.37. The Hall–Kier alpha value is -2.34. The molecule has 0 spiro atoms. The van der Waals surface area contributed by atoms with Crippen LogP contribution in [-0.2, 0) is 9.59 Å². The third-order valence-electron chi connectivity index (χ3n) is 4.01. The average molecular weight is 347 g/mol. The van der Waals surface area contributed by atoms with E-state index >= 15 is 0 Å². The Morgan fingerprint density at radius 1 is 1.29 bits per heavy atom. The first-order valence-electron chi connectivity index (χ1n) is 8.01. The van der Waals surface area contributed by atoms with Gasteiger partial charge < -0.3 is 10.2 Å². The summed E-state index contributed by atoms with van der Waals surface area (Å²) in [4.78, 5) is 29.8. The fourth-order valence-corrected chi connectivity index (χ4v) is 3.01. The van der Waals surface area contributed by atoms with Gasteiger partial charge in [0.2, 0.25) is 11.8 Å². The predicted molar refractivity (Wildman–Crippen MR) is 92.7 cm³/mol. The van der Waals surface area contributed by atoms with Crippen LogP contribution in [0, 0.1) is 0 Å². The van der Waals surface area contributed by atoms with Crippen LogP contribution in [0.5, 0.6) is 0 Å². The second-order valence-electron chi connectivity index (χ2n) is 5.68. The van der Waals surface area contributed by atoms with Gasteiger partial charge >= 0.3 is 0 Å². The highest BCUT2D eigenvalue weighted by molar-refractivity contribution is 6.31.